The lowest BCUT2D eigenvalue weighted by Crippen LogP contribution is -2.06. The van der Waals surface area contributed by atoms with Crippen molar-refractivity contribution in [2.45, 2.75) is 19.8 Å². The highest BCUT2D eigenvalue weighted by Crippen LogP contribution is 2.17. The first kappa shape index (κ1) is 15.2. The Kier molecular flexibility index (Phi) is 5.04. The number of hydrogen-bond donors (Lipinski definition) is 0. The van der Waals surface area contributed by atoms with Gasteiger partial charge in [-0.05, 0) is 42.3 Å². The molecule has 0 N–H and O–H groups in total. The second-order valence-electron chi connectivity index (χ2n) is 4.71. The minimum absolute atomic E-state index is 0.0554. The van der Waals surface area contributed by atoms with Crippen molar-refractivity contribution in [1.29, 1.82) is 0 Å². The van der Waals surface area contributed by atoms with E-state index in [0.29, 0.717) is 17.9 Å². The van der Waals surface area contributed by atoms with Crippen LogP contribution in [-0.2, 0) is 6.42 Å². The smallest absolute Gasteiger partial charge is 0.167 e. The van der Waals surface area contributed by atoms with Crippen molar-refractivity contribution in [1.82, 2.24) is 0 Å². The Bertz CT molecular complexity index is 638. The second kappa shape index (κ2) is 6.97. The molecule has 0 saturated heterocycles. The summed E-state index contributed by atoms with van der Waals surface area (Å²) in [7, 11) is 0. The molecular formula is C17H16F2O2. The zero-order valence-corrected chi connectivity index (χ0v) is 11.7. The van der Waals surface area contributed by atoms with Crippen LogP contribution >= 0.6 is 0 Å². The monoisotopic (exact) mass is 290 g/mol. The Morgan fingerprint density at radius 1 is 1.14 bits per heavy atom. The topological polar surface area (TPSA) is 26.3 Å². The van der Waals surface area contributed by atoms with E-state index in [1.54, 1.807) is 24.3 Å². The van der Waals surface area contributed by atoms with Crippen LogP contribution in [0.25, 0.3) is 0 Å². The number of rotatable bonds is 6. The summed E-state index contributed by atoms with van der Waals surface area (Å²) in [4.78, 5) is 12.2. The van der Waals surface area contributed by atoms with Gasteiger partial charge in [0.2, 0.25) is 0 Å². The Hall–Kier alpha value is -2.23. The van der Waals surface area contributed by atoms with E-state index in [1.165, 1.54) is 0 Å². The molecule has 4 heteroatoms. The summed E-state index contributed by atoms with van der Waals surface area (Å²) in [6, 6.07) is 9.83. The quantitative estimate of drug-likeness (QED) is 0.746. The number of hydrogen-bond acceptors (Lipinski definition) is 2. The normalized spacial score (nSPS) is 10.4. The predicted octanol–water partition coefficient (Wildman–Crippen LogP) is 4.18. The first-order chi connectivity index (χ1) is 10.1. The van der Waals surface area contributed by atoms with Gasteiger partial charge in [0.25, 0.3) is 0 Å². The SMILES string of the molecule is CCCOc1cccc(C(=O)Cc2cc(F)ccc2F)c1. The van der Waals surface area contributed by atoms with E-state index in [1.807, 2.05) is 6.92 Å². The summed E-state index contributed by atoms with van der Waals surface area (Å²) in [5, 5.41) is 0. The molecule has 0 heterocycles. The summed E-state index contributed by atoms with van der Waals surface area (Å²) in [5.74, 6) is -0.814. The zero-order chi connectivity index (χ0) is 15.2. The highest BCUT2D eigenvalue weighted by molar-refractivity contribution is 5.97. The molecule has 0 unspecified atom stereocenters. The third-order valence-electron chi connectivity index (χ3n) is 2.99. The van der Waals surface area contributed by atoms with Crippen LogP contribution in [0.1, 0.15) is 29.3 Å². The zero-order valence-electron chi connectivity index (χ0n) is 11.7. The van der Waals surface area contributed by atoms with Gasteiger partial charge in [-0.1, -0.05) is 19.1 Å². The van der Waals surface area contributed by atoms with E-state index in [9.17, 15) is 13.6 Å². The van der Waals surface area contributed by atoms with Crippen LogP contribution in [0.3, 0.4) is 0 Å². The molecule has 0 aliphatic heterocycles. The van der Waals surface area contributed by atoms with Gasteiger partial charge in [0, 0.05) is 12.0 Å². The fourth-order valence-electron chi connectivity index (χ4n) is 1.93. The van der Waals surface area contributed by atoms with Crippen molar-refractivity contribution in [2.24, 2.45) is 0 Å². The highest BCUT2D eigenvalue weighted by Gasteiger charge is 2.12. The first-order valence-electron chi connectivity index (χ1n) is 6.80. The van der Waals surface area contributed by atoms with Crippen LogP contribution in [-0.4, -0.2) is 12.4 Å². The highest BCUT2D eigenvalue weighted by atomic mass is 19.1. The summed E-state index contributed by atoms with van der Waals surface area (Å²) in [6.45, 7) is 2.55. The summed E-state index contributed by atoms with van der Waals surface area (Å²) in [6.07, 6.45) is 0.688. The van der Waals surface area contributed by atoms with Gasteiger partial charge in [0.15, 0.2) is 5.78 Å². The van der Waals surface area contributed by atoms with Crippen molar-refractivity contribution in [3.8, 4) is 5.75 Å². The maximum Gasteiger partial charge on any atom is 0.167 e. The standard InChI is InChI=1S/C17H16F2O2/c1-2-8-21-15-5-3-4-12(10-15)17(20)11-13-9-14(18)6-7-16(13)19/h3-7,9-10H,2,8,11H2,1H3. The summed E-state index contributed by atoms with van der Waals surface area (Å²) in [5.41, 5.74) is 0.479. The number of carbonyl (C=O) groups excluding carboxylic acids is 1. The lowest BCUT2D eigenvalue weighted by molar-refractivity contribution is 0.0991. The largest absolute Gasteiger partial charge is 0.494 e. The number of halogens is 2. The van der Waals surface area contributed by atoms with Gasteiger partial charge in [0.1, 0.15) is 17.4 Å². The van der Waals surface area contributed by atoms with Crippen LogP contribution in [0.5, 0.6) is 5.75 Å². The van der Waals surface area contributed by atoms with E-state index in [0.717, 1.165) is 24.6 Å². The van der Waals surface area contributed by atoms with Crippen LogP contribution in [0.15, 0.2) is 42.5 Å². The van der Waals surface area contributed by atoms with Gasteiger partial charge in [-0.2, -0.15) is 0 Å². The van der Waals surface area contributed by atoms with Gasteiger partial charge < -0.3 is 4.74 Å². The maximum absolute atomic E-state index is 13.5. The third-order valence-corrected chi connectivity index (χ3v) is 2.99. The van der Waals surface area contributed by atoms with Gasteiger partial charge in [0.05, 0.1) is 6.61 Å². The Morgan fingerprint density at radius 2 is 1.95 bits per heavy atom. The molecule has 0 fully saturated rings. The van der Waals surface area contributed by atoms with Crippen LogP contribution in [0, 0.1) is 11.6 Å². The fraction of sp³-hybridized carbons (Fsp3) is 0.235. The molecule has 0 spiro atoms. The van der Waals surface area contributed by atoms with Crippen LogP contribution < -0.4 is 4.74 Å². The number of carbonyl (C=O) groups is 1. The predicted molar refractivity (Wildman–Crippen MR) is 76.6 cm³/mol. The molecule has 0 radical (unpaired) electrons. The lowest BCUT2D eigenvalue weighted by Gasteiger charge is -2.07. The molecule has 0 aliphatic rings. The molecule has 0 amide bonds. The van der Waals surface area contributed by atoms with E-state index in [2.05, 4.69) is 0 Å². The molecule has 0 saturated carbocycles. The molecule has 2 aromatic carbocycles. The minimum atomic E-state index is -0.580. The van der Waals surface area contributed by atoms with Gasteiger partial charge >= 0.3 is 0 Å². The van der Waals surface area contributed by atoms with Gasteiger partial charge in [-0.15, -0.1) is 0 Å². The average molecular weight is 290 g/mol. The Morgan fingerprint density at radius 3 is 2.71 bits per heavy atom. The molecule has 21 heavy (non-hydrogen) atoms. The van der Waals surface area contributed by atoms with Crippen LogP contribution in [0.2, 0.25) is 0 Å². The summed E-state index contributed by atoms with van der Waals surface area (Å²) < 4.78 is 32.1. The van der Waals surface area contributed by atoms with Crippen molar-refractivity contribution >= 4 is 5.78 Å². The van der Waals surface area contributed by atoms with E-state index >= 15 is 0 Å². The van der Waals surface area contributed by atoms with Crippen molar-refractivity contribution in [3.05, 3.63) is 65.2 Å². The maximum atomic E-state index is 13.5. The van der Waals surface area contributed by atoms with Crippen molar-refractivity contribution in [2.75, 3.05) is 6.61 Å². The van der Waals surface area contributed by atoms with Crippen molar-refractivity contribution in [3.63, 3.8) is 0 Å². The number of ketones is 1. The molecular weight excluding hydrogens is 274 g/mol. The fourth-order valence-corrected chi connectivity index (χ4v) is 1.93. The average Bonchev–Trinajstić information content (AvgIpc) is 2.49. The lowest BCUT2D eigenvalue weighted by atomic mass is 10.0. The van der Waals surface area contributed by atoms with E-state index < -0.39 is 11.6 Å². The second-order valence-corrected chi connectivity index (χ2v) is 4.71. The molecule has 110 valence electrons. The number of ether oxygens (including phenoxy) is 1. The molecule has 2 aromatic rings. The molecule has 0 aliphatic carbocycles. The van der Waals surface area contributed by atoms with Crippen LogP contribution in [0.4, 0.5) is 8.78 Å². The summed E-state index contributed by atoms with van der Waals surface area (Å²) >= 11 is 0. The van der Waals surface area contributed by atoms with Gasteiger partial charge in [-0.3, -0.25) is 4.79 Å². The van der Waals surface area contributed by atoms with Crippen molar-refractivity contribution < 1.29 is 18.3 Å². The molecule has 0 aromatic heterocycles. The van der Waals surface area contributed by atoms with Gasteiger partial charge in [-0.25, -0.2) is 8.78 Å². The molecule has 0 atom stereocenters. The first-order valence-corrected chi connectivity index (χ1v) is 6.80. The molecule has 0 bridgehead atoms. The van der Waals surface area contributed by atoms with E-state index in [-0.39, 0.29) is 17.8 Å². The van der Waals surface area contributed by atoms with E-state index in [4.69, 9.17) is 4.74 Å². The number of benzene rings is 2. The minimum Gasteiger partial charge on any atom is -0.494 e. The third kappa shape index (κ3) is 4.12. The number of Topliss-reactive ketones (excluding diaryl/α,β-unsaturated/α-hetero) is 1. The Balaban J connectivity index is 2.14. The Labute approximate surface area is 122 Å². The molecule has 2 rings (SSSR count). The molecule has 2 nitrogen and oxygen atoms in total.